The first-order chi connectivity index (χ1) is 10.0. The molecule has 0 unspecified atom stereocenters. The van der Waals surface area contributed by atoms with Crippen molar-refractivity contribution in [3.05, 3.63) is 29.8 Å². The molecule has 1 atom stereocenters. The molecular weight excluding hydrogens is 276 g/mol. The molecule has 7 nitrogen and oxygen atoms in total. The lowest BCUT2D eigenvalue weighted by molar-refractivity contribution is -0.140. The number of ketones is 1. The minimum Gasteiger partial charge on any atom is -0.481 e. The summed E-state index contributed by atoms with van der Waals surface area (Å²) >= 11 is 0. The molecule has 0 fully saturated rings. The molecule has 1 heterocycles. The van der Waals surface area contributed by atoms with Crippen LogP contribution < -0.4 is 10.6 Å². The lowest BCUT2D eigenvalue weighted by Crippen LogP contribution is -2.37. The molecule has 110 valence electrons. The highest BCUT2D eigenvalue weighted by atomic mass is 16.4. The first-order valence-corrected chi connectivity index (χ1v) is 6.44. The second-order valence-electron chi connectivity index (χ2n) is 4.63. The van der Waals surface area contributed by atoms with Crippen molar-refractivity contribution in [3.63, 3.8) is 0 Å². The lowest BCUT2D eigenvalue weighted by atomic mass is 9.95. The van der Waals surface area contributed by atoms with E-state index in [9.17, 15) is 19.2 Å². The summed E-state index contributed by atoms with van der Waals surface area (Å²) in [5.41, 5.74) is 1.01. The number of fused-ring (bicyclic) bond motifs is 1. The van der Waals surface area contributed by atoms with Crippen LogP contribution in [-0.2, 0) is 19.2 Å². The molecule has 1 aliphatic heterocycles. The predicted octanol–water partition coefficient (Wildman–Crippen LogP) is 0.272. The van der Waals surface area contributed by atoms with Crippen molar-refractivity contribution in [1.29, 1.82) is 0 Å². The van der Waals surface area contributed by atoms with Crippen molar-refractivity contribution < 1.29 is 24.3 Å². The van der Waals surface area contributed by atoms with Gasteiger partial charge in [-0.25, -0.2) is 0 Å². The van der Waals surface area contributed by atoms with Crippen molar-refractivity contribution in [1.82, 2.24) is 5.32 Å². The highest BCUT2D eigenvalue weighted by Crippen LogP contribution is 2.32. The number of carboxylic acid groups (broad SMARTS) is 1. The van der Waals surface area contributed by atoms with Gasteiger partial charge in [-0.1, -0.05) is 18.2 Å². The van der Waals surface area contributed by atoms with Gasteiger partial charge < -0.3 is 15.7 Å². The fraction of sp³-hybridized carbons (Fsp3) is 0.286. The minimum atomic E-state index is -1.14. The van der Waals surface area contributed by atoms with Gasteiger partial charge in [-0.3, -0.25) is 19.2 Å². The second-order valence-corrected chi connectivity index (χ2v) is 4.63. The number of anilines is 1. The van der Waals surface area contributed by atoms with Gasteiger partial charge >= 0.3 is 5.97 Å². The van der Waals surface area contributed by atoms with E-state index < -0.39 is 29.5 Å². The Morgan fingerprint density at radius 3 is 2.67 bits per heavy atom. The van der Waals surface area contributed by atoms with Crippen LogP contribution >= 0.6 is 0 Å². The first kappa shape index (κ1) is 14.7. The van der Waals surface area contributed by atoms with Crippen molar-refractivity contribution in [3.8, 4) is 0 Å². The van der Waals surface area contributed by atoms with E-state index in [1.54, 1.807) is 24.3 Å². The van der Waals surface area contributed by atoms with Gasteiger partial charge in [0.15, 0.2) is 0 Å². The number of aliphatic carboxylic acids is 1. The zero-order chi connectivity index (χ0) is 15.4. The SMILES string of the molecule is O=C(O)CCCNC(=O)C(=O)[C@@H]1C(=O)Nc2ccccc21. The Bertz CT molecular complexity index is 611. The molecule has 2 amide bonds. The molecule has 2 rings (SSSR count). The van der Waals surface area contributed by atoms with Crippen LogP contribution in [-0.4, -0.2) is 35.2 Å². The zero-order valence-corrected chi connectivity index (χ0v) is 11.1. The van der Waals surface area contributed by atoms with Gasteiger partial charge in [0.2, 0.25) is 11.7 Å². The molecule has 0 radical (unpaired) electrons. The van der Waals surface area contributed by atoms with E-state index in [2.05, 4.69) is 10.6 Å². The molecule has 7 heteroatoms. The number of hydrogen-bond acceptors (Lipinski definition) is 4. The summed E-state index contributed by atoms with van der Waals surface area (Å²) in [6, 6.07) is 6.68. The maximum Gasteiger partial charge on any atom is 0.303 e. The van der Waals surface area contributed by atoms with Crippen LogP contribution in [0.3, 0.4) is 0 Å². The van der Waals surface area contributed by atoms with Gasteiger partial charge in [0.25, 0.3) is 5.91 Å². The van der Waals surface area contributed by atoms with Gasteiger partial charge in [-0.05, 0) is 18.1 Å². The average Bonchev–Trinajstić information content (AvgIpc) is 2.78. The molecule has 0 aliphatic carbocycles. The van der Waals surface area contributed by atoms with E-state index in [0.717, 1.165) is 0 Å². The van der Waals surface area contributed by atoms with Crippen molar-refractivity contribution in [2.75, 3.05) is 11.9 Å². The number of benzene rings is 1. The van der Waals surface area contributed by atoms with E-state index >= 15 is 0 Å². The van der Waals surface area contributed by atoms with Gasteiger partial charge in [-0.15, -0.1) is 0 Å². The molecule has 0 saturated heterocycles. The molecule has 0 aromatic heterocycles. The summed E-state index contributed by atoms with van der Waals surface area (Å²) in [5.74, 6) is -4.35. The molecule has 1 aliphatic rings. The van der Waals surface area contributed by atoms with Crippen LogP contribution in [0, 0.1) is 0 Å². The Morgan fingerprint density at radius 1 is 1.24 bits per heavy atom. The van der Waals surface area contributed by atoms with E-state index in [1.165, 1.54) is 0 Å². The van der Waals surface area contributed by atoms with E-state index in [-0.39, 0.29) is 19.4 Å². The molecular formula is C14H14N2O5. The van der Waals surface area contributed by atoms with Gasteiger partial charge in [0, 0.05) is 18.7 Å². The average molecular weight is 290 g/mol. The number of carboxylic acids is 1. The number of amides is 2. The van der Waals surface area contributed by atoms with Gasteiger partial charge in [0.1, 0.15) is 5.92 Å². The summed E-state index contributed by atoms with van der Waals surface area (Å²) in [5, 5.41) is 13.4. The maximum absolute atomic E-state index is 12.1. The Hall–Kier alpha value is -2.70. The minimum absolute atomic E-state index is 0.0762. The number of nitrogens with one attached hydrogen (secondary N) is 2. The van der Waals surface area contributed by atoms with E-state index in [4.69, 9.17) is 5.11 Å². The standard InChI is InChI=1S/C14H14N2O5/c17-10(18)6-3-7-15-14(21)12(19)11-8-4-1-2-5-9(8)16-13(11)20/h1-2,4-5,11H,3,6-7H2,(H,15,21)(H,16,20)(H,17,18)/t11-/m1/s1. The van der Waals surface area contributed by atoms with Crippen molar-refractivity contribution >= 4 is 29.3 Å². The maximum atomic E-state index is 12.1. The summed E-state index contributed by atoms with van der Waals surface area (Å²) in [4.78, 5) is 45.9. The number of para-hydroxylation sites is 1. The first-order valence-electron chi connectivity index (χ1n) is 6.44. The van der Waals surface area contributed by atoms with Gasteiger partial charge in [0.05, 0.1) is 0 Å². The summed E-state index contributed by atoms with van der Waals surface area (Å²) in [7, 11) is 0. The molecule has 21 heavy (non-hydrogen) atoms. The summed E-state index contributed by atoms with van der Waals surface area (Å²) in [6.07, 6.45) is 0.128. The Labute approximate surface area is 120 Å². The Kier molecular flexibility index (Phi) is 4.32. The Balaban J connectivity index is 1.98. The number of carbonyl (C=O) groups is 4. The van der Waals surface area contributed by atoms with Crippen LogP contribution in [0.2, 0.25) is 0 Å². The highest BCUT2D eigenvalue weighted by molar-refractivity contribution is 6.44. The van der Waals surface area contributed by atoms with Crippen LogP contribution in [0.5, 0.6) is 0 Å². The van der Waals surface area contributed by atoms with Crippen molar-refractivity contribution in [2.45, 2.75) is 18.8 Å². The summed E-state index contributed by atoms with van der Waals surface area (Å²) < 4.78 is 0. The molecule has 3 N–H and O–H groups in total. The molecule has 0 saturated carbocycles. The predicted molar refractivity (Wildman–Crippen MR) is 72.7 cm³/mol. The Morgan fingerprint density at radius 2 is 1.95 bits per heavy atom. The third kappa shape index (κ3) is 3.25. The monoisotopic (exact) mass is 290 g/mol. The van der Waals surface area contributed by atoms with E-state index in [1.807, 2.05) is 0 Å². The topological polar surface area (TPSA) is 113 Å². The number of carbonyl (C=O) groups excluding carboxylic acids is 3. The van der Waals surface area contributed by atoms with E-state index in [0.29, 0.717) is 11.3 Å². The number of rotatable bonds is 6. The lowest BCUT2D eigenvalue weighted by Gasteiger charge is -2.08. The highest BCUT2D eigenvalue weighted by Gasteiger charge is 2.39. The molecule has 1 aromatic carbocycles. The third-order valence-corrected chi connectivity index (χ3v) is 3.13. The van der Waals surface area contributed by atoms with Crippen LogP contribution in [0.4, 0.5) is 5.69 Å². The second kappa shape index (κ2) is 6.17. The third-order valence-electron chi connectivity index (χ3n) is 3.13. The molecule has 0 bridgehead atoms. The largest absolute Gasteiger partial charge is 0.481 e. The van der Waals surface area contributed by atoms with Crippen molar-refractivity contribution in [2.24, 2.45) is 0 Å². The quantitative estimate of drug-likeness (QED) is 0.395. The fourth-order valence-corrected chi connectivity index (χ4v) is 2.13. The molecule has 1 aromatic rings. The normalized spacial score (nSPS) is 16.0. The fourth-order valence-electron chi connectivity index (χ4n) is 2.13. The smallest absolute Gasteiger partial charge is 0.303 e. The van der Waals surface area contributed by atoms with Crippen LogP contribution in [0.15, 0.2) is 24.3 Å². The number of Topliss-reactive ketones (excluding diaryl/α,β-unsaturated/α-hetero) is 1. The number of hydrogen-bond donors (Lipinski definition) is 3. The zero-order valence-electron chi connectivity index (χ0n) is 11.1. The summed E-state index contributed by atoms with van der Waals surface area (Å²) in [6.45, 7) is 0.0762. The molecule has 0 spiro atoms. The van der Waals surface area contributed by atoms with Gasteiger partial charge in [-0.2, -0.15) is 0 Å². The van der Waals surface area contributed by atoms with Crippen LogP contribution in [0.1, 0.15) is 24.3 Å². The van der Waals surface area contributed by atoms with Crippen LogP contribution in [0.25, 0.3) is 0 Å².